The van der Waals surface area contributed by atoms with Gasteiger partial charge in [-0.15, -0.1) is 23.7 Å². The predicted molar refractivity (Wildman–Crippen MR) is 93.5 cm³/mol. The third-order valence-electron chi connectivity index (χ3n) is 3.02. The Kier molecular flexibility index (Phi) is 6.71. The smallest absolute Gasteiger partial charge is 0.250 e. The molecule has 0 amide bonds. The summed E-state index contributed by atoms with van der Waals surface area (Å²) in [4.78, 5) is 9.88. The van der Waals surface area contributed by atoms with Crippen molar-refractivity contribution in [2.45, 2.75) is 45.6 Å². The second kappa shape index (κ2) is 7.85. The monoisotopic (exact) mass is 342 g/mol. The molecule has 2 heterocycles. The summed E-state index contributed by atoms with van der Waals surface area (Å²) < 4.78 is 5.21. The highest BCUT2D eigenvalue weighted by atomic mass is 35.5. The van der Waals surface area contributed by atoms with E-state index < -0.39 is 0 Å². The van der Waals surface area contributed by atoms with E-state index in [2.05, 4.69) is 48.1 Å². The van der Waals surface area contributed by atoms with Crippen LogP contribution < -0.4 is 5.32 Å². The van der Waals surface area contributed by atoms with Gasteiger partial charge in [-0.2, -0.15) is 4.98 Å². The van der Waals surface area contributed by atoms with Gasteiger partial charge in [-0.25, -0.2) is 4.98 Å². The minimum atomic E-state index is 0. The maximum atomic E-state index is 5.21. The van der Waals surface area contributed by atoms with Crippen molar-refractivity contribution in [3.63, 3.8) is 0 Å². The number of nitrogens with one attached hydrogen (secondary N) is 1. The molecule has 0 radical (unpaired) electrons. The number of halogens is 1. The van der Waals surface area contributed by atoms with Gasteiger partial charge >= 0.3 is 0 Å². The standard InChI is InChI=1S/C15H22N4OS.ClH/c1-10(16-5)8-12-18-13(20-19-12)7-6-11-9-17-14(21-11)15(2,3)4;/h6-7,9-10,16H,8H2,1-5H3;1H/b7-6+;. The Morgan fingerprint density at radius 3 is 2.68 bits per heavy atom. The highest BCUT2D eigenvalue weighted by Gasteiger charge is 2.17. The van der Waals surface area contributed by atoms with Crippen LogP contribution in [0.4, 0.5) is 0 Å². The van der Waals surface area contributed by atoms with Gasteiger partial charge in [0.1, 0.15) is 0 Å². The van der Waals surface area contributed by atoms with Gasteiger partial charge in [-0.1, -0.05) is 25.9 Å². The second-order valence-corrected chi connectivity index (χ2v) is 7.16. The molecule has 2 aromatic heterocycles. The van der Waals surface area contributed by atoms with E-state index in [-0.39, 0.29) is 17.8 Å². The van der Waals surface area contributed by atoms with Crippen LogP contribution in [0.2, 0.25) is 0 Å². The van der Waals surface area contributed by atoms with Crippen molar-refractivity contribution in [3.05, 3.63) is 27.8 Å². The summed E-state index contributed by atoms with van der Waals surface area (Å²) in [6.07, 6.45) is 6.43. The molecule has 0 aliphatic rings. The topological polar surface area (TPSA) is 63.8 Å². The number of likely N-dealkylation sites (N-methyl/N-ethyl adjacent to an activating group) is 1. The van der Waals surface area contributed by atoms with E-state index >= 15 is 0 Å². The Bertz CT molecular complexity index is 615. The quantitative estimate of drug-likeness (QED) is 0.899. The van der Waals surface area contributed by atoms with Crippen molar-refractivity contribution < 1.29 is 4.52 Å². The van der Waals surface area contributed by atoms with E-state index in [9.17, 15) is 0 Å². The SMILES string of the molecule is CNC(C)Cc1noc(/C=C/c2cnc(C(C)(C)C)s2)n1.Cl. The molecule has 1 unspecified atom stereocenters. The van der Waals surface area contributed by atoms with Crippen molar-refractivity contribution in [3.8, 4) is 0 Å². The van der Waals surface area contributed by atoms with Crippen LogP contribution in [0.1, 0.15) is 49.3 Å². The van der Waals surface area contributed by atoms with Crippen LogP contribution in [0.15, 0.2) is 10.7 Å². The molecule has 0 bridgehead atoms. The van der Waals surface area contributed by atoms with E-state index in [1.807, 2.05) is 25.4 Å². The lowest BCUT2D eigenvalue weighted by Crippen LogP contribution is -2.24. The molecular formula is C15H23ClN4OS. The zero-order valence-electron chi connectivity index (χ0n) is 13.6. The fourth-order valence-corrected chi connectivity index (χ4v) is 2.53. The number of nitrogens with zero attached hydrogens (tertiary/aromatic N) is 3. The van der Waals surface area contributed by atoms with Crippen LogP contribution >= 0.6 is 23.7 Å². The van der Waals surface area contributed by atoms with Gasteiger partial charge in [0, 0.05) is 35.0 Å². The minimum absolute atomic E-state index is 0. The van der Waals surface area contributed by atoms with Gasteiger partial charge in [-0.3, -0.25) is 0 Å². The van der Waals surface area contributed by atoms with Gasteiger partial charge < -0.3 is 9.84 Å². The normalized spacial score (nSPS) is 13.3. The summed E-state index contributed by atoms with van der Waals surface area (Å²) in [7, 11) is 1.92. The summed E-state index contributed by atoms with van der Waals surface area (Å²) in [6, 6.07) is 0.329. The van der Waals surface area contributed by atoms with Crippen LogP contribution in [0.5, 0.6) is 0 Å². The molecule has 0 aliphatic heterocycles. The molecule has 7 heteroatoms. The lowest BCUT2D eigenvalue weighted by atomic mass is 9.98. The molecule has 0 saturated carbocycles. The molecule has 0 aliphatic carbocycles. The number of rotatable bonds is 5. The molecular weight excluding hydrogens is 320 g/mol. The first-order valence-corrected chi connectivity index (χ1v) is 7.84. The Labute approximate surface area is 141 Å². The molecule has 1 atom stereocenters. The Morgan fingerprint density at radius 1 is 1.36 bits per heavy atom. The average Bonchev–Trinajstić information content (AvgIpc) is 3.04. The van der Waals surface area contributed by atoms with Crippen molar-refractivity contribution in [1.29, 1.82) is 0 Å². The number of aromatic nitrogens is 3. The van der Waals surface area contributed by atoms with E-state index in [1.54, 1.807) is 11.3 Å². The summed E-state index contributed by atoms with van der Waals surface area (Å²) in [5, 5.41) is 8.24. The van der Waals surface area contributed by atoms with Crippen molar-refractivity contribution in [2.24, 2.45) is 0 Å². The molecule has 0 fully saturated rings. The molecule has 2 rings (SSSR count). The largest absolute Gasteiger partial charge is 0.335 e. The average molecular weight is 343 g/mol. The molecule has 0 spiro atoms. The Morgan fingerprint density at radius 2 is 2.09 bits per heavy atom. The lowest BCUT2D eigenvalue weighted by Gasteiger charge is -2.13. The maximum Gasteiger partial charge on any atom is 0.250 e. The number of hydrogen-bond acceptors (Lipinski definition) is 6. The zero-order valence-corrected chi connectivity index (χ0v) is 15.2. The first kappa shape index (κ1) is 18.8. The molecule has 0 aromatic carbocycles. The van der Waals surface area contributed by atoms with Crippen LogP contribution in [-0.4, -0.2) is 28.2 Å². The summed E-state index contributed by atoms with van der Waals surface area (Å²) in [6.45, 7) is 8.56. The van der Waals surface area contributed by atoms with Gasteiger partial charge in [0.15, 0.2) is 5.82 Å². The van der Waals surface area contributed by atoms with Gasteiger partial charge in [0.25, 0.3) is 5.89 Å². The van der Waals surface area contributed by atoms with E-state index in [1.165, 1.54) is 0 Å². The van der Waals surface area contributed by atoms with Crippen molar-refractivity contribution in [2.75, 3.05) is 7.05 Å². The highest BCUT2D eigenvalue weighted by Crippen LogP contribution is 2.27. The van der Waals surface area contributed by atoms with Gasteiger partial charge in [0.2, 0.25) is 0 Å². The first-order chi connectivity index (χ1) is 9.88. The maximum absolute atomic E-state index is 5.21. The third kappa shape index (κ3) is 5.19. The van der Waals surface area contributed by atoms with Gasteiger partial charge in [-0.05, 0) is 20.0 Å². The zero-order chi connectivity index (χ0) is 15.5. The summed E-state index contributed by atoms with van der Waals surface area (Å²) >= 11 is 1.68. The van der Waals surface area contributed by atoms with Crippen LogP contribution in [0.3, 0.4) is 0 Å². The Balaban J connectivity index is 0.00000242. The fourth-order valence-electron chi connectivity index (χ4n) is 1.66. The van der Waals surface area contributed by atoms with E-state index in [0.717, 1.165) is 22.1 Å². The molecule has 1 N–H and O–H groups in total. The first-order valence-electron chi connectivity index (χ1n) is 7.02. The van der Waals surface area contributed by atoms with Gasteiger partial charge in [0.05, 0.1) is 5.01 Å². The van der Waals surface area contributed by atoms with Crippen LogP contribution in [0, 0.1) is 0 Å². The number of hydrogen-bond donors (Lipinski definition) is 1. The highest BCUT2D eigenvalue weighted by molar-refractivity contribution is 7.12. The number of thiazole rings is 1. The molecule has 2 aromatic rings. The summed E-state index contributed by atoms with van der Waals surface area (Å²) in [5.41, 5.74) is 0.0811. The van der Waals surface area contributed by atoms with E-state index in [0.29, 0.717) is 11.9 Å². The van der Waals surface area contributed by atoms with Crippen molar-refractivity contribution in [1.82, 2.24) is 20.4 Å². The van der Waals surface area contributed by atoms with Crippen molar-refractivity contribution >= 4 is 35.9 Å². The van der Waals surface area contributed by atoms with Crippen LogP contribution in [-0.2, 0) is 11.8 Å². The third-order valence-corrected chi connectivity index (χ3v) is 4.41. The molecule has 22 heavy (non-hydrogen) atoms. The summed E-state index contributed by atoms with van der Waals surface area (Å²) in [5.74, 6) is 1.25. The van der Waals surface area contributed by atoms with Crippen LogP contribution in [0.25, 0.3) is 12.2 Å². The Hall–Kier alpha value is -1.24. The second-order valence-electron chi connectivity index (χ2n) is 6.09. The fraction of sp³-hybridized carbons (Fsp3) is 0.533. The predicted octanol–water partition coefficient (Wildman–Crippen LogP) is 3.57. The molecule has 5 nitrogen and oxygen atoms in total. The molecule has 0 saturated heterocycles. The lowest BCUT2D eigenvalue weighted by molar-refractivity contribution is 0.400. The minimum Gasteiger partial charge on any atom is -0.335 e. The van der Waals surface area contributed by atoms with E-state index in [4.69, 9.17) is 4.52 Å². The molecule has 122 valence electrons.